The quantitative estimate of drug-likeness (QED) is 0.641. The van der Waals surface area contributed by atoms with E-state index in [2.05, 4.69) is 57.2 Å². The lowest BCUT2D eigenvalue weighted by atomic mass is 10.8. The first kappa shape index (κ1) is 10.3. The summed E-state index contributed by atoms with van der Waals surface area (Å²) in [4.78, 5) is 0. The third-order valence-corrected chi connectivity index (χ3v) is 5.22. The highest BCUT2D eigenvalue weighted by Crippen LogP contribution is 2.27. The van der Waals surface area contributed by atoms with Gasteiger partial charge in [-0.2, -0.15) is 9.13 Å². The number of fused-ring (bicyclic) bond motifs is 2. The zero-order valence-electron chi connectivity index (χ0n) is 9.33. The van der Waals surface area contributed by atoms with Gasteiger partial charge in [-0.15, -0.1) is 0 Å². The molecule has 2 aromatic heterocycles. The van der Waals surface area contributed by atoms with Gasteiger partial charge in [0.05, 0.1) is 19.2 Å². The maximum Gasteiger partial charge on any atom is 0.321 e. The van der Waals surface area contributed by atoms with Crippen LogP contribution in [0.3, 0.4) is 0 Å². The number of hydrogen-bond donors (Lipinski definition) is 0. The van der Waals surface area contributed by atoms with Gasteiger partial charge in [0.25, 0.3) is 0 Å². The predicted molar refractivity (Wildman–Crippen MR) is 63.2 cm³/mol. The molecule has 0 aromatic carbocycles. The molecule has 1 aliphatic rings. The molecule has 84 valence electrons. The van der Waals surface area contributed by atoms with Crippen LogP contribution in [-0.4, -0.2) is 14.2 Å². The smallest absolute Gasteiger partial charge is 0.227 e. The molecular formula is C10H14N4S2+2. The lowest BCUT2D eigenvalue weighted by Gasteiger charge is -2.06. The summed E-state index contributed by atoms with van der Waals surface area (Å²) in [5.41, 5.74) is 0. The lowest BCUT2D eigenvalue weighted by molar-refractivity contribution is -0.711. The fourth-order valence-electron chi connectivity index (χ4n) is 1.90. The van der Waals surface area contributed by atoms with Gasteiger partial charge < -0.3 is 0 Å². The summed E-state index contributed by atoms with van der Waals surface area (Å²) >= 11 is 3.79. The molecule has 3 rings (SSSR count). The lowest BCUT2D eigenvalue weighted by Crippen LogP contribution is -2.32. The van der Waals surface area contributed by atoms with Crippen molar-refractivity contribution in [3.05, 3.63) is 24.8 Å². The second-order valence-electron chi connectivity index (χ2n) is 3.87. The van der Waals surface area contributed by atoms with Crippen molar-refractivity contribution < 1.29 is 9.13 Å². The van der Waals surface area contributed by atoms with Crippen LogP contribution in [0.1, 0.15) is 0 Å². The van der Waals surface area contributed by atoms with Crippen molar-refractivity contribution in [2.24, 2.45) is 14.1 Å². The number of rotatable bonds is 0. The molecule has 1 aliphatic heterocycles. The molecule has 4 nitrogen and oxygen atoms in total. The molecule has 2 aromatic rings. The molecule has 0 fully saturated rings. The Morgan fingerprint density at radius 3 is 2.00 bits per heavy atom. The Kier molecular flexibility index (Phi) is 2.48. The first-order valence-electron chi connectivity index (χ1n) is 5.11. The van der Waals surface area contributed by atoms with Crippen LogP contribution in [0.25, 0.3) is 0 Å². The van der Waals surface area contributed by atoms with Crippen molar-refractivity contribution in [1.82, 2.24) is 9.13 Å². The highest BCUT2D eigenvalue weighted by molar-refractivity contribution is 8.15. The number of hydrogen-bond acceptors (Lipinski definition) is 2. The maximum atomic E-state index is 2.29. The molecule has 3 heterocycles. The van der Waals surface area contributed by atoms with E-state index in [-0.39, 0.29) is 0 Å². The minimum Gasteiger partial charge on any atom is -0.227 e. The molecule has 0 bridgehead atoms. The second-order valence-corrected chi connectivity index (χ2v) is 6.12. The number of imidazole rings is 2. The first-order valence-corrected chi connectivity index (χ1v) is 7.08. The summed E-state index contributed by atoms with van der Waals surface area (Å²) in [5.74, 6) is 0. The highest BCUT2D eigenvalue weighted by Gasteiger charge is 2.25. The van der Waals surface area contributed by atoms with Crippen LogP contribution < -0.4 is 9.13 Å². The molecular weight excluding hydrogens is 240 g/mol. The summed E-state index contributed by atoms with van der Waals surface area (Å²) in [5, 5.41) is 3.68. The Hall–Kier alpha value is -0.880. The number of thioether (sulfide) groups is 2. The van der Waals surface area contributed by atoms with Crippen LogP contribution in [0, 0.1) is 0 Å². The molecule has 6 heteroatoms. The number of nitrogens with zero attached hydrogens (tertiary/aromatic N) is 4. The van der Waals surface area contributed by atoms with E-state index >= 15 is 0 Å². The maximum absolute atomic E-state index is 2.29. The Morgan fingerprint density at radius 2 is 1.50 bits per heavy atom. The van der Waals surface area contributed by atoms with Crippen molar-refractivity contribution in [3.63, 3.8) is 0 Å². The number of aryl methyl sites for hydroxylation is 2. The van der Waals surface area contributed by atoms with Gasteiger partial charge >= 0.3 is 10.3 Å². The first-order chi connectivity index (χ1) is 7.75. The van der Waals surface area contributed by atoms with Gasteiger partial charge in [0.2, 0.25) is 6.67 Å². The third kappa shape index (κ3) is 1.56. The molecule has 16 heavy (non-hydrogen) atoms. The van der Waals surface area contributed by atoms with Crippen molar-refractivity contribution in [3.8, 4) is 0 Å². The van der Waals surface area contributed by atoms with Crippen molar-refractivity contribution in [2.75, 3.05) is 5.08 Å². The van der Waals surface area contributed by atoms with Gasteiger partial charge in [-0.05, 0) is 23.5 Å². The SMILES string of the molecule is C[n+]1ccn2c1SCSc1n(cc[n+]1C)C2. The van der Waals surface area contributed by atoms with Crippen LogP contribution >= 0.6 is 23.5 Å². The largest absolute Gasteiger partial charge is 0.321 e. The minimum atomic E-state index is 0.895. The van der Waals surface area contributed by atoms with E-state index in [1.807, 2.05) is 23.5 Å². The van der Waals surface area contributed by atoms with E-state index in [1.54, 1.807) is 0 Å². The molecule has 0 radical (unpaired) electrons. The summed E-state index contributed by atoms with van der Waals surface area (Å²) in [6, 6.07) is 0. The van der Waals surface area contributed by atoms with E-state index < -0.39 is 0 Å². The molecule has 0 atom stereocenters. The molecule has 0 amide bonds. The average molecular weight is 254 g/mol. The standard InChI is InChI=1S/C10H14N4S2/c1-11-3-5-13-7-14-6-4-12(2)10(14)16-8-15-9(11)13/h3-6H,7-8H2,1-2H3/q+2. The van der Waals surface area contributed by atoms with Crippen LogP contribution in [-0.2, 0) is 20.8 Å². The van der Waals surface area contributed by atoms with Crippen molar-refractivity contribution in [1.29, 1.82) is 0 Å². The highest BCUT2D eigenvalue weighted by atomic mass is 32.2. The Balaban J connectivity index is 2.07. The van der Waals surface area contributed by atoms with Crippen molar-refractivity contribution in [2.45, 2.75) is 17.0 Å². The van der Waals surface area contributed by atoms with Gasteiger partial charge in [0.15, 0.2) is 0 Å². The minimum absolute atomic E-state index is 0.895. The van der Waals surface area contributed by atoms with E-state index in [0.717, 1.165) is 11.8 Å². The number of aromatic nitrogens is 4. The van der Waals surface area contributed by atoms with E-state index in [1.165, 1.54) is 10.3 Å². The monoisotopic (exact) mass is 254 g/mol. The van der Waals surface area contributed by atoms with Crippen LogP contribution in [0.4, 0.5) is 0 Å². The van der Waals surface area contributed by atoms with E-state index in [9.17, 15) is 0 Å². The zero-order valence-corrected chi connectivity index (χ0v) is 11.0. The van der Waals surface area contributed by atoms with Crippen LogP contribution in [0.15, 0.2) is 35.1 Å². The molecule has 0 saturated heterocycles. The third-order valence-electron chi connectivity index (χ3n) is 2.72. The van der Waals surface area contributed by atoms with Gasteiger partial charge in [0.1, 0.15) is 24.8 Å². The second kappa shape index (κ2) is 3.85. The van der Waals surface area contributed by atoms with E-state index in [4.69, 9.17) is 0 Å². The summed E-state index contributed by atoms with van der Waals surface area (Å²) in [6.07, 6.45) is 8.51. The van der Waals surface area contributed by atoms with Crippen LogP contribution in [0.5, 0.6) is 0 Å². The fourth-order valence-corrected chi connectivity index (χ4v) is 4.08. The fraction of sp³-hybridized carbons (Fsp3) is 0.400. The Labute approximate surface area is 103 Å². The molecule has 0 saturated carbocycles. The van der Waals surface area contributed by atoms with E-state index in [0.29, 0.717) is 0 Å². The molecule has 0 N–H and O–H groups in total. The van der Waals surface area contributed by atoms with Crippen LogP contribution in [0.2, 0.25) is 0 Å². The summed E-state index contributed by atoms with van der Waals surface area (Å²) in [6.45, 7) is 0.895. The summed E-state index contributed by atoms with van der Waals surface area (Å²) in [7, 11) is 4.20. The Morgan fingerprint density at radius 1 is 1.00 bits per heavy atom. The molecule has 0 aliphatic carbocycles. The predicted octanol–water partition coefficient (Wildman–Crippen LogP) is 0.600. The van der Waals surface area contributed by atoms with Gasteiger partial charge in [-0.3, -0.25) is 0 Å². The average Bonchev–Trinajstić information content (AvgIpc) is 2.72. The molecule has 0 unspecified atom stereocenters. The Bertz CT molecular complexity index is 483. The van der Waals surface area contributed by atoms with Gasteiger partial charge in [-0.1, -0.05) is 0 Å². The molecule has 0 spiro atoms. The van der Waals surface area contributed by atoms with Gasteiger partial charge in [0, 0.05) is 0 Å². The van der Waals surface area contributed by atoms with Crippen molar-refractivity contribution >= 4 is 23.5 Å². The summed E-state index contributed by atoms with van der Waals surface area (Å²) < 4.78 is 8.93. The zero-order chi connectivity index (χ0) is 11.1. The normalized spacial score (nSPS) is 15.1. The van der Waals surface area contributed by atoms with Gasteiger partial charge in [-0.25, -0.2) is 9.13 Å². The topological polar surface area (TPSA) is 17.6 Å².